The van der Waals surface area contributed by atoms with Crippen molar-refractivity contribution < 1.29 is 9.72 Å². The molecular formula is C15H11N3O3S. The number of nitrogens with one attached hydrogen (secondary N) is 1. The minimum Gasteiger partial charge on any atom is -0.298 e. The molecule has 0 atom stereocenters. The van der Waals surface area contributed by atoms with E-state index in [1.807, 2.05) is 19.1 Å². The van der Waals surface area contributed by atoms with Crippen LogP contribution in [0.5, 0.6) is 0 Å². The Bertz CT molecular complexity index is 871. The number of hydrogen-bond donors (Lipinski definition) is 1. The summed E-state index contributed by atoms with van der Waals surface area (Å²) in [5.74, 6) is -0.256. The highest BCUT2D eigenvalue weighted by Crippen LogP contribution is 2.29. The van der Waals surface area contributed by atoms with E-state index in [9.17, 15) is 14.9 Å². The van der Waals surface area contributed by atoms with Crippen LogP contribution in [-0.2, 0) is 0 Å². The number of nitrogens with zero attached hydrogens (tertiary/aromatic N) is 2. The van der Waals surface area contributed by atoms with E-state index in [4.69, 9.17) is 0 Å². The van der Waals surface area contributed by atoms with Gasteiger partial charge < -0.3 is 0 Å². The highest BCUT2D eigenvalue weighted by molar-refractivity contribution is 7.22. The minimum absolute atomic E-state index is 0.0192. The van der Waals surface area contributed by atoms with Crippen LogP contribution in [0.4, 0.5) is 10.8 Å². The number of nitro groups is 1. The zero-order valence-electron chi connectivity index (χ0n) is 11.6. The molecule has 6 nitrogen and oxygen atoms in total. The van der Waals surface area contributed by atoms with E-state index < -0.39 is 4.92 Å². The van der Waals surface area contributed by atoms with Gasteiger partial charge in [-0.15, -0.1) is 0 Å². The molecule has 0 radical (unpaired) electrons. The summed E-state index contributed by atoms with van der Waals surface area (Å²) in [6, 6.07) is 11.6. The lowest BCUT2D eigenvalue weighted by molar-refractivity contribution is -0.384. The maximum atomic E-state index is 12.1. The summed E-state index contributed by atoms with van der Waals surface area (Å²) >= 11 is 1.28. The number of carbonyl (C=O) groups excluding carboxylic acids is 1. The van der Waals surface area contributed by atoms with Crippen molar-refractivity contribution in [3.8, 4) is 0 Å². The maximum Gasteiger partial charge on any atom is 0.271 e. The fraction of sp³-hybridized carbons (Fsp3) is 0.0667. The van der Waals surface area contributed by atoms with Gasteiger partial charge in [-0.3, -0.25) is 20.2 Å². The molecule has 0 fully saturated rings. The van der Waals surface area contributed by atoms with E-state index in [-0.39, 0.29) is 11.6 Å². The van der Waals surface area contributed by atoms with Crippen LogP contribution in [0.15, 0.2) is 42.5 Å². The number of hydrogen-bond acceptors (Lipinski definition) is 5. The number of aromatic nitrogens is 1. The SMILES string of the molecule is Cc1ccc(C(=O)Nc2nc3cc([N+](=O)[O-])ccc3s2)cc1. The summed E-state index contributed by atoms with van der Waals surface area (Å²) < 4.78 is 0.782. The highest BCUT2D eigenvalue weighted by atomic mass is 32.1. The maximum absolute atomic E-state index is 12.1. The lowest BCUT2D eigenvalue weighted by Gasteiger charge is -2.01. The van der Waals surface area contributed by atoms with Gasteiger partial charge in [0.05, 0.1) is 15.1 Å². The summed E-state index contributed by atoms with van der Waals surface area (Å²) in [6.07, 6.45) is 0. The summed E-state index contributed by atoms with van der Waals surface area (Å²) in [6.45, 7) is 1.95. The fourth-order valence-electron chi connectivity index (χ4n) is 1.96. The molecule has 22 heavy (non-hydrogen) atoms. The number of aryl methyl sites for hydroxylation is 1. The van der Waals surface area contributed by atoms with Crippen molar-refractivity contribution in [3.63, 3.8) is 0 Å². The number of fused-ring (bicyclic) bond motifs is 1. The zero-order chi connectivity index (χ0) is 15.7. The van der Waals surface area contributed by atoms with E-state index in [2.05, 4.69) is 10.3 Å². The van der Waals surface area contributed by atoms with Crippen molar-refractivity contribution in [1.29, 1.82) is 0 Å². The average Bonchev–Trinajstić information content (AvgIpc) is 2.88. The standard InChI is InChI=1S/C15H11N3O3S/c1-9-2-4-10(5-3-9)14(19)17-15-16-12-8-11(18(20)21)6-7-13(12)22-15/h2-8H,1H3,(H,16,17,19). The Morgan fingerprint density at radius 1 is 1.23 bits per heavy atom. The predicted molar refractivity (Wildman–Crippen MR) is 85.4 cm³/mol. The quantitative estimate of drug-likeness (QED) is 0.589. The molecule has 0 saturated heterocycles. The van der Waals surface area contributed by atoms with Crippen LogP contribution in [-0.4, -0.2) is 15.8 Å². The van der Waals surface area contributed by atoms with Crippen molar-refractivity contribution in [2.24, 2.45) is 0 Å². The molecule has 0 aliphatic rings. The molecule has 1 N–H and O–H groups in total. The Hall–Kier alpha value is -2.80. The number of amides is 1. The number of rotatable bonds is 3. The van der Waals surface area contributed by atoms with Gasteiger partial charge in [-0.25, -0.2) is 4.98 Å². The zero-order valence-corrected chi connectivity index (χ0v) is 12.4. The smallest absolute Gasteiger partial charge is 0.271 e. The molecule has 7 heteroatoms. The topological polar surface area (TPSA) is 85.1 Å². The monoisotopic (exact) mass is 313 g/mol. The molecule has 0 saturated carbocycles. The minimum atomic E-state index is -0.469. The van der Waals surface area contributed by atoms with Crippen LogP contribution in [0, 0.1) is 17.0 Å². The molecule has 3 aromatic rings. The van der Waals surface area contributed by atoms with E-state index >= 15 is 0 Å². The molecule has 0 bridgehead atoms. The Labute approximate surface area is 129 Å². The van der Waals surface area contributed by atoms with Gasteiger partial charge >= 0.3 is 0 Å². The van der Waals surface area contributed by atoms with Crippen molar-refractivity contribution in [2.75, 3.05) is 5.32 Å². The first-order valence-corrected chi connectivity index (χ1v) is 7.27. The van der Waals surface area contributed by atoms with Gasteiger partial charge in [0.15, 0.2) is 5.13 Å². The van der Waals surface area contributed by atoms with Crippen LogP contribution in [0.3, 0.4) is 0 Å². The molecular weight excluding hydrogens is 302 g/mol. The normalized spacial score (nSPS) is 10.6. The van der Waals surface area contributed by atoms with Gasteiger partial charge in [-0.05, 0) is 25.1 Å². The number of carbonyl (C=O) groups is 1. The Kier molecular flexibility index (Phi) is 3.56. The van der Waals surface area contributed by atoms with Crippen LogP contribution < -0.4 is 5.32 Å². The number of thiazole rings is 1. The van der Waals surface area contributed by atoms with Gasteiger partial charge in [-0.1, -0.05) is 29.0 Å². The largest absolute Gasteiger partial charge is 0.298 e. The molecule has 110 valence electrons. The second kappa shape index (κ2) is 5.53. The van der Waals surface area contributed by atoms with Gasteiger partial charge in [-0.2, -0.15) is 0 Å². The molecule has 1 heterocycles. The van der Waals surface area contributed by atoms with Gasteiger partial charge in [0.25, 0.3) is 11.6 Å². The molecule has 1 amide bonds. The van der Waals surface area contributed by atoms with Gasteiger partial charge in [0, 0.05) is 17.7 Å². The molecule has 1 aromatic heterocycles. The van der Waals surface area contributed by atoms with Crippen molar-refractivity contribution in [3.05, 3.63) is 63.7 Å². The summed E-state index contributed by atoms with van der Waals surface area (Å²) in [5.41, 5.74) is 2.09. The Morgan fingerprint density at radius 3 is 2.64 bits per heavy atom. The number of benzene rings is 2. The van der Waals surface area contributed by atoms with Crippen LogP contribution in [0.2, 0.25) is 0 Å². The number of nitro benzene ring substituents is 1. The first-order chi connectivity index (χ1) is 10.5. The predicted octanol–water partition coefficient (Wildman–Crippen LogP) is 3.77. The van der Waals surface area contributed by atoms with E-state index in [1.54, 1.807) is 18.2 Å². The number of anilines is 1. The van der Waals surface area contributed by atoms with Gasteiger partial charge in [0.1, 0.15) is 0 Å². The van der Waals surface area contributed by atoms with Gasteiger partial charge in [0.2, 0.25) is 0 Å². The highest BCUT2D eigenvalue weighted by Gasteiger charge is 2.12. The molecule has 0 aliphatic carbocycles. The molecule has 3 rings (SSSR count). The lowest BCUT2D eigenvalue weighted by atomic mass is 10.1. The molecule has 0 aliphatic heterocycles. The molecule has 2 aromatic carbocycles. The molecule has 0 spiro atoms. The third-order valence-electron chi connectivity index (χ3n) is 3.12. The molecule has 0 unspecified atom stereocenters. The van der Waals surface area contributed by atoms with Crippen LogP contribution >= 0.6 is 11.3 Å². The van der Waals surface area contributed by atoms with Crippen molar-refractivity contribution in [2.45, 2.75) is 6.92 Å². The van der Waals surface area contributed by atoms with E-state index in [0.717, 1.165) is 10.3 Å². The van der Waals surface area contributed by atoms with Crippen molar-refractivity contribution >= 4 is 38.3 Å². The second-order valence-electron chi connectivity index (χ2n) is 4.75. The van der Waals surface area contributed by atoms with Crippen LogP contribution in [0.1, 0.15) is 15.9 Å². The second-order valence-corrected chi connectivity index (χ2v) is 5.78. The summed E-state index contributed by atoms with van der Waals surface area (Å²) in [5, 5.41) is 13.9. The third-order valence-corrected chi connectivity index (χ3v) is 4.07. The Morgan fingerprint density at radius 2 is 1.95 bits per heavy atom. The average molecular weight is 313 g/mol. The summed E-state index contributed by atoms with van der Waals surface area (Å²) in [7, 11) is 0. The fourth-order valence-corrected chi connectivity index (χ4v) is 2.80. The lowest BCUT2D eigenvalue weighted by Crippen LogP contribution is -2.11. The van der Waals surface area contributed by atoms with Crippen LogP contribution in [0.25, 0.3) is 10.2 Å². The number of non-ortho nitro benzene ring substituents is 1. The third kappa shape index (κ3) is 2.79. The Balaban J connectivity index is 1.86. The first-order valence-electron chi connectivity index (χ1n) is 6.46. The summed E-state index contributed by atoms with van der Waals surface area (Å²) in [4.78, 5) is 26.6. The van der Waals surface area contributed by atoms with E-state index in [0.29, 0.717) is 16.2 Å². The van der Waals surface area contributed by atoms with Crippen molar-refractivity contribution in [1.82, 2.24) is 4.98 Å². The first kappa shape index (κ1) is 14.2. The van der Waals surface area contributed by atoms with E-state index in [1.165, 1.54) is 23.5 Å².